The predicted molar refractivity (Wildman–Crippen MR) is 187 cm³/mol. The van der Waals surface area contributed by atoms with Gasteiger partial charge in [0.15, 0.2) is 17.5 Å². The van der Waals surface area contributed by atoms with E-state index < -0.39 is 0 Å². The van der Waals surface area contributed by atoms with E-state index in [-0.39, 0.29) is 0 Å². The molecular formula is C41H25N5O. The third-order valence-corrected chi connectivity index (χ3v) is 8.43. The van der Waals surface area contributed by atoms with Crippen molar-refractivity contribution < 1.29 is 4.42 Å². The van der Waals surface area contributed by atoms with Crippen molar-refractivity contribution in [3.8, 4) is 56.5 Å². The van der Waals surface area contributed by atoms with Crippen molar-refractivity contribution in [2.24, 2.45) is 0 Å². The maximum absolute atomic E-state index is 6.07. The van der Waals surface area contributed by atoms with Gasteiger partial charge >= 0.3 is 0 Å². The highest BCUT2D eigenvalue weighted by Gasteiger charge is 2.16. The van der Waals surface area contributed by atoms with Gasteiger partial charge in [0.2, 0.25) is 0 Å². The fourth-order valence-electron chi connectivity index (χ4n) is 6.15. The molecule has 0 aliphatic heterocycles. The molecule has 0 amide bonds. The number of benzene rings is 5. The molecule has 0 spiro atoms. The Hall–Kier alpha value is -6.53. The average Bonchev–Trinajstić information content (AvgIpc) is 3.53. The van der Waals surface area contributed by atoms with E-state index in [0.717, 1.165) is 71.9 Å². The summed E-state index contributed by atoms with van der Waals surface area (Å²) in [5.41, 5.74) is 9.10. The lowest BCUT2D eigenvalue weighted by Gasteiger charge is -2.12. The fraction of sp³-hybridized carbons (Fsp3) is 0. The number of hydrogen-bond acceptors (Lipinski definition) is 6. The van der Waals surface area contributed by atoms with Crippen LogP contribution in [-0.2, 0) is 0 Å². The van der Waals surface area contributed by atoms with Crippen molar-refractivity contribution in [3.05, 3.63) is 152 Å². The van der Waals surface area contributed by atoms with E-state index in [1.54, 1.807) is 0 Å². The minimum atomic E-state index is 0.604. The molecule has 9 rings (SSSR count). The number of aromatic nitrogens is 5. The number of para-hydroxylation sites is 1. The summed E-state index contributed by atoms with van der Waals surface area (Å²) in [6.45, 7) is 0. The standard InChI is InChI=1S/C41H25N5O/c1-3-11-26(12-4-1)39-44-40(27-13-5-2-6-14-27)46-41(45-39)30-16-9-15-28(23-30)34-25-43-37(38-32(34)18-10-22-42-38)29-20-21-36-33(24-29)31-17-7-8-19-35(31)47-36/h1-25H. The Morgan fingerprint density at radius 1 is 0.404 bits per heavy atom. The van der Waals surface area contributed by atoms with Gasteiger partial charge < -0.3 is 4.42 Å². The lowest BCUT2D eigenvalue weighted by atomic mass is 9.98. The third kappa shape index (κ3) is 4.80. The Balaban J connectivity index is 1.17. The Kier molecular flexibility index (Phi) is 6.35. The van der Waals surface area contributed by atoms with Crippen LogP contribution in [0.2, 0.25) is 0 Å². The second-order valence-electron chi connectivity index (χ2n) is 11.3. The van der Waals surface area contributed by atoms with Gasteiger partial charge in [0.1, 0.15) is 11.2 Å². The highest BCUT2D eigenvalue weighted by Crippen LogP contribution is 2.37. The summed E-state index contributed by atoms with van der Waals surface area (Å²) in [5.74, 6) is 1.86. The molecule has 0 saturated heterocycles. The van der Waals surface area contributed by atoms with Crippen molar-refractivity contribution in [1.82, 2.24) is 24.9 Å². The zero-order chi connectivity index (χ0) is 31.2. The fourth-order valence-corrected chi connectivity index (χ4v) is 6.15. The first kappa shape index (κ1) is 26.8. The summed E-state index contributed by atoms with van der Waals surface area (Å²) < 4.78 is 6.07. The van der Waals surface area contributed by atoms with Gasteiger partial charge in [0.25, 0.3) is 0 Å². The van der Waals surface area contributed by atoms with Crippen LogP contribution >= 0.6 is 0 Å². The quantitative estimate of drug-likeness (QED) is 0.195. The molecule has 0 aliphatic rings. The van der Waals surface area contributed by atoms with Gasteiger partial charge in [-0.05, 0) is 42.0 Å². The molecule has 4 heterocycles. The second kappa shape index (κ2) is 11.1. The van der Waals surface area contributed by atoms with Gasteiger partial charge in [0.05, 0.1) is 11.2 Å². The number of nitrogens with zero attached hydrogens (tertiary/aromatic N) is 5. The lowest BCUT2D eigenvalue weighted by molar-refractivity contribution is 0.669. The predicted octanol–water partition coefficient (Wildman–Crippen LogP) is 10.0. The Morgan fingerprint density at radius 3 is 1.79 bits per heavy atom. The lowest BCUT2D eigenvalue weighted by Crippen LogP contribution is -2.00. The third-order valence-electron chi connectivity index (χ3n) is 8.43. The van der Waals surface area contributed by atoms with Crippen LogP contribution in [0.3, 0.4) is 0 Å². The highest BCUT2D eigenvalue weighted by molar-refractivity contribution is 6.08. The number of fused-ring (bicyclic) bond motifs is 4. The molecule has 0 atom stereocenters. The summed E-state index contributed by atoms with van der Waals surface area (Å²) in [6, 6.07) is 46.7. The van der Waals surface area contributed by atoms with Crippen LogP contribution in [0.15, 0.2) is 156 Å². The van der Waals surface area contributed by atoms with Gasteiger partial charge in [-0.25, -0.2) is 15.0 Å². The van der Waals surface area contributed by atoms with Gasteiger partial charge in [-0.15, -0.1) is 0 Å². The van der Waals surface area contributed by atoms with E-state index in [0.29, 0.717) is 17.5 Å². The van der Waals surface area contributed by atoms with Crippen LogP contribution in [-0.4, -0.2) is 24.9 Å². The molecule has 6 heteroatoms. The Labute approximate surface area is 270 Å². The molecule has 0 fully saturated rings. The molecule has 0 radical (unpaired) electrons. The van der Waals surface area contributed by atoms with Crippen LogP contribution in [0.4, 0.5) is 0 Å². The summed E-state index contributed by atoms with van der Waals surface area (Å²) >= 11 is 0. The molecule has 0 N–H and O–H groups in total. The van der Waals surface area contributed by atoms with Gasteiger partial charge in [0, 0.05) is 56.4 Å². The van der Waals surface area contributed by atoms with Crippen molar-refractivity contribution in [2.45, 2.75) is 0 Å². The first-order chi connectivity index (χ1) is 23.3. The van der Waals surface area contributed by atoms with Crippen LogP contribution in [0.1, 0.15) is 0 Å². The second-order valence-corrected chi connectivity index (χ2v) is 11.3. The first-order valence-corrected chi connectivity index (χ1v) is 15.4. The molecule has 47 heavy (non-hydrogen) atoms. The Morgan fingerprint density at radius 2 is 1.02 bits per heavy atom. The van der Waals surface area contributed by atoms with Crippen LogP contribution in [0.25, 0.3) is 89.4 Å². The van der Waals surface area contributed by atoms with E-state index >= 15 is 0 Å². The highest BCUT2D eigenvalue weighted by atomic mass is 16.3. The number of hydrogen-bond donors (Lipinski definition) is 0. The molecule has 0 aliphatic carbocycles. The summed E-state index contributed by atoms with van der Waals surface area (Å²) in [6.07, 6.45) is 3.76. The molecule has 6 nitrogen and oxygen atoms in total. The minimum Gasteiger partial charge on any atom is -0.456 e. The SMILES string of the molecule is c1ccc(-c2nc(-c3ccccc3)nc(-c3cccc(-c4cnc(-c5ccc6oc7ccccc7c6c5)c5ncccc45)c3)n2)cc1. The van der Waals surface area contributed by atoms with E-state index in [1.807, 2.05) is 116 Å². The Bertz CT molecular complexity index is 2520. The van der Waals surface area contributed by atoms with Crippen LogP contribution in [0.5, 0.6) is 0 Å². The topological polar surface area (TPSA) is 77.6 Å². The van der Waals surface area contributed by atoms with Gasteiger partial charge in [-0.2, -0.15) is 0 Å². The largest absolute Gasteiger partial charge is 0.456 e. The normalized spacial score (nSPS) is 11.4. The maximum atomic E-state index is 6.07. The van der Waals surface area contributed by atoms with E-state index in [4.69, 9.17) is 29.3 Å². The zero-order valence-electron chi connectivity index (χ0n) is 25.1. The van der Waals surface area contributed by atoms with Crippen molar-refractivity contribution >= 4 is 32.8 Å². The zero-order valence-corrected chi connectivity index (χ0v) is 25.1. The number of pyridine rings is 2. The molecule has 4 aromatic heterocycles. The molecule has 5 aromatic carbocycles. The molecule has 0 bridgehead atoms. The summed E-state index contributed by atoms with van der Waals surface area (Å²) in [5, 5.41) is 3.15. The van der Waals surface area contributed by atoms with Crippen molar-refractivity contribution in [1.29, 1.82) is 0 Å². The van der Waals surface area contributed by atoms with Gasteiger partial charge in [-0.3, -0.25) is 9.97 Å². The van der Waals surface area contributed by atoms with Crippen molar-refractivity contribution in [2.75, 3.05) is 0 Å². The number of rotatable bonds is 5. The van der Waals surface area contributed by atoms with E-state index in [1.165, 1.54) is 0 Å². The minimum absolute atomic E-state index is 0.604. The number of furan rings is 1. The molecule has 220 valence electrons. The summed E-state index contributed by atoms with van der Waals surface area (Å²) in [7, 11) is 0. The first-order valence-electron chi connectivity index (χ1n) is 15.4. The van der Waals surface area contributed by atoms with E-state index in [9.17, 15) is 0 Å². The molecule has 9 aromatic rings. The monoisotopic (exact) mass is 603 g/mol. The van der Waals surface area contributed by atoms with Crippen LogP contribution < -0.4 is 0 Å². The van der Waals surface area contributed by atoms with Crippen molar-refractivity contribution in [3.63, 3.8) is 0 Å². The maximum Gasteiger partial charge on any atom is 0.164 e. The summed E-state index contributed by atoms with van der Waals surface area (Å²) in [4.78, 5) is 24.5. The molecule has 0 saturated carbocycles. The average molecular weight is 604 g/mol. The van der Waals surface area contributed by atoms with Gasteiger partial charge in [-0.1, -0.05) is 103 Å². The smallest absolute Gasteiger partial charge is 0.164 e. The van der Waals surface area contributed by atoms with Crippen LogP contribution in [0, 0.1) is 0 Å². The molecule has 0 unspecified atom stereocenters. The van der Waals surface area contributed by atoms with E-state index in [2.05, 4.69) is 36.4 Å². The molecular weight excluding hydrogens is 578 g/mol.